The van der Waals surface area contributed by atoms with Gasteiger partial charge in [0, 0.05) is 11.1 Å². The van der Waals surface area contributed by atoms with E-state index in [0.717, 1.165) is 5.56 Å². The third-order valence-electron chi connectivity index (χ3n) is 4.20. The number of hydrogen-bond acceptors (Lipinski definition) is 5. The van der Waals surface area contributed by atoms with E-state index < -0.39 is 5.97 Å². The molecule has 1 aliphatic rings. The number of epoxide rings is 1. The van der Waals surface area contributed by atoms with Gasteiger partial charge in [0.1, 0.15) is 24.0 Å². The Hall–Kier alpha value is -2.92. The average Bonchev–Trinajstić information content (AvgIpc) is 3.47. The molecule has 0 bridgehead atoms. The van der Waals surface area contributed by atoms with E-state index in [9.17, 15) is 9.59 Å². The van der Waals surface area contributed by atoms with Crippen molar-refractivity contribution in [2.75, 3.05) is 13.2 Å². The van der Waals surface area contributed by atoms with Gasteiger partial charge in [-0.05, 0) is 19.1 Å². The van der Waals surface area contributed by atoms with E-state index in [-0.39, 0.29) is 29.3 Å². The third-order valence-corrected chi connectivity index (χ3v) is 4.20. The molecule has 3 aromatic rings. The van der Waals surface area contributed by atoms with Crippen LogP contribution in [0.5, 0.6) is 0 Å². The minimum Gasteiger partial charge on any atom is -0.459 e. The lowest BCUT2D eigenvalue weighted by atomic mass is 10.0. The quantitative estimate of drug-likeness (QED) is 0.540. The molecule has 0 N–H and O–H groups in total. The van der Waals surface area contributed by atoms with E-state index in [1.807, 2.05) is 30.3 Å². The molecule has 25 heavy (non-hydrogen) atoms. The highest BCUT2D eigenvalue weighted by Crippen LogP contribution is 2.27. The van der Waals surface area contributed by atoms with Crippen LogP contribution in [0.4, 0.5) is 0 Å². The first-order valence-electron chi connectivity index (χ1n) is 8.05. The molecule has 0 spiro atoms. The number of rotatable bonds is 4. The highest BCUT2D eigenvalue weighted by atomic mass is 16.6. The zero-order chi connectivity index (χ0) is 17.4. The van der Waals surface area contributed by atoms with E-state index in [4.69, 9.17) is 13.9 Å². The van der Waals surface area contributed by atoms with Gasteiger partial charge in [0.2, 0.25) is 0 Å². The molecule has 5 nitrogen and oxygen atoms in total. The van der Waals surface area contributed by atoms with Crippen LogP contribution in [0.15, 0.2) is 57.7 Å². The lowest BCUT2D eigenvalue weighted by Gasteiger charge is -2.10. The first-order chi connectivity index (χ1) is 12.1. The third kappa shape index (κ3) is 2.94. The molecule has 1 unspecified atom stereocenters. The number of para-hydroxylation sites is 1. The minimum absolute atomic E-state index is 0.0203. The molecular weight excluding hydrogens is 320 g/mol. The predicted molar refractivity (Wildman–Crippen MR) is 92.7 cm³/mol. The minimum atomic E-state index is -0.521. The summed E-state index contributed by atoms with van der Waals surface area (Å²) in [4.78, 5) is 25.1. The Morgan fingerprint density at radius 1 is 1.16 bits per heavy atom. The van der Waals surface area contributed by atoms with Crippen LogP contribution in [0, 0.1) is 6.92 Å². The summed E-state index contributed by atoms with van der Waals surface area (Å²) in [6.45, 7) is 2.54. The maximum absolute atomic E-state index is 12.7. The molecule has 1 aliphatic heterocycles. The van der Waals surface area contributed by atoms with Crippen molar-refractivity contribution in [2.45, 2.75) is 13.0 Å². The Kier molecular flexibility index (Phi) is 3.86. The molecule has 1 atom stereocenters. The Balaban J connectivity index is 1.86. The van der Waals surface area contributed by atoms with Crippen LogP contribution >= 0.6 is 0 Å². The van der Waals surface area contributed by atoms with Gasteiger partial charge >= 0.3 is 5.97 Å². The van der Waals surface area contributed by atoms with Crippen molar-refractivity contribution < 1.29 is 18.7 Å². The summed E-state index contributed by atoms with van der Waals surface area (Å²) < 4.78 is 16.3. The fourth-order valence-electron chi connectivity index (χ4n) is 2.75. The van der Waals surface area contributed by atoms with Gasteiger partial charge in [0.15, 0.2) is 11.0 Å². The molecule has 126 valence electrons. The molecule has 5 heteroatoms. The number of benzene rings is 2. The second kappa shape index (κ2) is 6.18. The molecule has 1 saturated heterocycles. The van der Waals surface area contributed by atoms with Crippen LogP contribution in [-0.2, 0) is 9.47 Å². The molecule has 0 saturated carbocycles. The van der Waals surface area contributed by atoms with E-state index in [0.29, 0.717) is 23.3 Å². The number of fused-ring (bicyclic) bond motifs is 1. The average molecular weight is 336 g/mol. The van der Waals surface area contributed by atoms with Crippen LogP contribution in [0.25, 0.3) is 22.3 Å². The van der Waals surface area contributed by atoms with Gasteiger partial charge in [-0.2, -0.15) is 0 Å². The molecule has 0 aliphatic carbocycles. The Bertz CT molecular complexity index is 1000. The van der Waals surface area contributed by atoms with Crippen molar-refractivity contribution in [1.82, 2.24) is 0 Å². The van der Waals surface area contributed by atoms with Gasteiger partial charge in [-0.1, -0.05) is 36.4 Å². The smallest absolute Gasteiger partial charge is 0.342 e. The fourth-order valence-corrected chi connectivity index (χ4v) is 2.75. The molecule has 0 radical (unpaired) electrons. The van der Waals surface area contributed by atoms with Crippen LogP contribution < -0.4 is 5.43 Å². The largest absolute Gasteiger partial charge is 0.459 e. The molecule has 2 aromatic carbocycles. The Labute approximate surface area is 143 Å². The summed E-state index contributed by atoms with van der Waals surface area (Å²) in [5.74, 6) is -0.0593. The van der Waals surface area contributed by atoms with Crippen molar-refractivity contribution in [3.63, 3.8) is 0 Å². The molecule has 1 aromatic heterocycles. The first kappa shape index (κ1) is 15.6. The number of carbonyl (C=O) groups is 1. The van der Waals surface area contributed by atoms with Crippen molar-refractivity contribution >= 4 is 16.9 Å². The summed E-state index contributed by atoms with van der Waals surface area (Å²) in [6, 6.07) is 14.3. The second-order valence-corrected chi connectivity index (χ2v) is 5.99. The number of carbonyl (C=O) groups excluding carboxylic acids is 1. The summed E-state index contributed by atoms with van der Waals surface area (Å²) >= 11 is 0. The highest BCUT2D eigenvalue weighted by molar-refractivity contribution is 6.02. The lowest BCUT2D eigenvalue weighted by Crippen LogP contribution is -2.13. The Morgan fingerprint density at radius 3 is 2.64 bits per heavy atom. The highest BCUT2D eigenvalue weighted by Gasteiger charge is 2.26. The predicted octanol–water partition coefficient (Wildman–Crippen LogP) is 3.32. The van der Waals surface area contributed by atoms with Crippen LogP contribution in [0.2, 0.25) is 0 Å². The van der Waals surface area contributed by atoms with Crippen LogP contribution in [0.3, 0.4) is 0 Å². The monoisotopic (exact) mass is 336 g/mol. The second-order valence-electron chi connectivity index (χ2n) is 5.99. The number of esters is 1. The lowest BCUT2D eigenvalue weighted by molar-refractivity contribution is 0.0477. The molecule has 4 rings (SSSR count). The molecule has 2 heterocycles. The molecule has 0 amide bonds. The number of hydrogen-bond donors (Lipinski definition) is 0. The first-order valence-corrected chi connectivity index (χ1v) is 8.05. The van der Waals surface area contributed by atoms with E-state index >= 15 is 0 Å². The zero-order valence-electron chi connectivity index (χ0n) is 13.7. The van der Waals surface area contributed by atoms with E-state index in [1.54, 1.807) is 25.1 Å². The van der Waals surface area contributed by atoms with Crippen LogP contribution in [-0.4, -0.2) is 25.3 Å². The molecule has 1 fully saturated rings. The summed E-state index contributed by atoms with van der Waals surface area (Å²) in [5.41, 5.74) is 1.63. The normalized spacial score (nSPS) is 16.0. The van der Waals surface area contributed by atoms with E-state index in [1.165, 1.54) is 0 Å². The van der Waals surface area contributed by atoms with Gasteiger partial charge < -0.3 is 13.9 Å². The van der Waals surface area contributed by atoms with Crippen molar-refractivity contribution in [1.29, 1.82) is 0 Å². The zero-order valence-corrected chi connectivity index (χ0v) is 13.7. The van der Waals surface area contributed by atoms with Gasteiger partial charge in [0.05, 0.1) is 12.0 Å². The van der Waals surface area contributed by atoms with E-state index in [2.05, 4.69) is 0 Å². The summed E-state index contributed by atoms with van der Waals surface area (Å²) in [6.07, 6.45) is -0.0203. The fraction of sp³-hybridized carbons (Fsp3) is 0.200. The van der Waals surface area contributed by atoms with Crippen LogP contribution in [0.1, 0.15) is 15.9 Å². The summed E-state index contributed by atoms with van der Waals surface area (Å²) in [5, 5.41) is 0.370. The number of ether oxygens (including phenoxy) is 2. The van der Waals surface area contributed by atoms with Crippen molar-refractivity contribution in [3.8, 4) is 11.3 Å². The van der Waals surface area contributed by atoms with Gasteiger partial charge in [0.25, 0.3) is 0 Å². The Morgan fingerprint density at radius 2 is 1.92 bits per heavy atom. The van der Waals surface area contributed by atoms with Crippen molar-refractivity contribution in [2.24, 2.45) is 0 Å². The summed E-state index contributed by atoms with van der Waals surface area (Å²) in [7, 11) is 0. The van der Waals surface area contributed by atoms with Gasteiger partial charge in [-0.3, -0.25) is 4.79 Å². The maximum atomic E-state index is 12.7. The maximum Gasteiger partial charge on any atom is 0.342 e. The molecular formula is C20H16O5. The van der Waals surface area contributed by atoms with Gasteiger partial charge in [-0.25, -0.2) is 4.79 Å². The van der Waals surface area contributed by atoms with Gasteiger partial charge in [-0.15, -0.1) is 0 Å². The SMILES string of the molecule is Cc1c(-c2ccccc2)oc2c(C(=O)OCC3CO3)cccc2c1=O. The topological polar surface area (TPSA) is 69.0 Å². The standard InChI is InChI=1S/C20H16O5/c1-12-17(21)15-8-5-9-16(20(22)24-11-14-10-23-14)19(15)25-18(12)13-6-3-2-4-7-13/h2-9,14H,10-11H2,1H3. The van der Waals surface area contributed by atoms with Crippen molar-refractivity contribution in [3.05, 3.63) is 69.9 Å².